The molecule has 1 N–H and O–H groups in total. The molecule has 0 saturated heterocycles. The van der Waals surface area contributed by atoms with Gasteiger partial charge in [0.2, 0.25) is 5.91 Å². The van der Waals surface area contributed by atoms with Gasteiger partial charge in [0.05, 0.1) is 13.2 Å². The van der Waals surface area contributed by atoms with Gasteiger partial charge in [0, 0.05) is 32.9 Å². The number of methoxy groups -OCH3 is 1. The predicted molar refractivity (Wildman–Crippen MR) is 93.7 cm³/mol. The van der Waals surface area contributed by atoms with Crippen LogP contribution in [0.3, 0.4) is 0 Å². The van der Waals surface area contributed by atoms with Crippen LogP contribution >= 0.6 is 0 Å². The van der Waals surface area contributed by atoms with Gasteiger partial charge in [-0.3, -0.25) is 4.79 Å². The summed E-state index contributed by atoms with van der Waals surface area (Å²) < 4.78 is 10.6. The van der Waals surface area contributed by atoms with Crippen LogP contribution in [0.4, 0.5) is 5.69 Å². The van der Waals surface area contributed by atoms with E-state index in [0.717, 1.165) is 24.2 Å². The van der Waals surface area contributed by atoms with Crippen molar-refractivity contribution in [2.75, 3.05) is 38.8 Å². The van der Waals surface area contributed by atoms with E-state index in [2.05, 4.69) is 16.8 Å². The van der Waals surface area contributed by atoms with E-state index in [4.69, 9.17) is 9.47 Å². The van der Waals surface area contributed by atoms with Gasteiger partial charge in [0.25, 0.3) is 0 Å². The number of carbonyl (C=O) groups excluding carboxylic acids is 1. The Bertz CT molecular complexity index is 491. The molecule has 1 rings (SSSR count). The van der Waals surface area contributed by atoms with E-state index in [1.54, 1.807) is 20.1 Å². The number of benzene rings is 1. The molecule has 0 bridgehead atoms. The van der Waals surface area contributed by atoms with Crippen LogP contribution in [0.25, 0.3) is 0 Å². The van der Waals surface area contributed by atoms with Gasteiger partial charge in [-0.15, -0.1) is 6.58 Å². The molecule has 0 aliphatic carbocycles. The van der Waals surface area contributed by atoms with E-state index in [9.17, 15) is 4.79 Å². The van der Waals surface area contributed by atoms with E-state index in [-0.39, 0.29) is 5.91 Å². The summed E-state index contributed by atoms with van der Waals surface area (Å²) in [6.45, 7) is 7.82. The maximum atomic E-state index is 12.1. The predicted octanol–water partition coefficient (Wildman–Crippen LogP) is 2.37. The maximum absolute atomic E-state index is 12.1. The summed E-state index contributed by atoms with van der Waals surface area (Å²) in [7, 11) is 3.70. The number of nitrogens with one attached hydrogen (secondary N) is 1. The third kappa shape index (κ3) is 6.84. The van der Waals surface area contributed by atoms with Gasteiger partial charge >= 0.3 is 0 Å². The van der Waals surface area contributed by atoms with E-state index < -0.39 is 6.10 Å². The van der Waals surface area contributed by atoms with Crippen LogP contribution in [-0.4, -0.2) is 45.9 Å². The highest BCUT2D eigenvalue weighted by atomic mass is 16.5. The number of rotatable bonds is 11. The van der Waals surface area contributed by atoms with Crippen molar-refractivity contribution in [1.82, 2.24) is 5.32 Å². The van der Waals surface area contributed by atoms with Crippen molar-refractivity contribution >= 4 is 11.6 Å². The van der Waals surface area contributed by atoms with E-state index in [1.807, 2.05) is 31.3 Å². The highest BCUT2D eigenvalue weighted by molar-refractivity contribution is 5.80. The second kappa shape index (κ2) is 10.8. The number of hydrogen-bond acceptors (Lipinski definition) is 4. The van der Waals surface area contributed by atoms with Gasteiger partial charge in [-0.25, -0.2) is 0 Å². The van der Waals surface area contributed by atoms with Crippen LogP contribution in [-0.2, 0) is 20.8 Å². The third-order valence-electron chi connectivity index (χ3n) is 3.55. The topological polar surface area (TPSA) is 50.8 Å². The van der Waals surface area contributed by atoms with Crippen molar-refractivity contribution in [1.29, 1.82) is 0 Å². The minimum absolute atomic E-state index is 0.108. The fraction of sp³-hybridized carbons (Fsp3) is 0.500. The summed E-state index contributed by atoms with van der Waals surface area (Å²) >= 11 is 0. The summed E-state index contributed by atoms with van der Waals surface area (Å²) in [5.74, 6) is -0.108. The van der Waals surface area contributed by atoms with Crippen molar-refractivity contribution in [2.24, 2.45) is 0 Å². The summed E-state index contributed by atoms with van der Waals surface area (Å²) in [6.07, 6.45) is 2.05. The van der Waals surface area contributed by atoms with Crippen molar-refractivity contribution < 1.29 is 14.3 Å². The van der Waals surface area contributed by atoms with Crippen LogP contribution in [0.5, 0.6) is 0 Å². The molecule has 5 nitrogen and oxygen atoms in total. The first-order valence-electron chi connectivity index (χ1n) is 7.88. The molecule has 1 amide bonds. The smallest absolute Gasteiger partial charge is 0.249 e. The normalized spacial score (nSPS) is 11.8. The standard InChI is InChI=1S/C18H28N2O3/c1-5-6-12-23-15(2)18(21)19-14-16-9-7-8-10-17(16)20(3)11-13-22-4/h5,7-10,15H,1,6,11-14H2,2-4H3,(H,19,21). The van der Waals surface area contributed by atoms with Crippen LogP contribution in [0, 0.1) is 0 Å². The van der Waals surface area contributed by atoms with Crippen molar-refractivity contribution in [3.05, 3.63) is 42.5 Å². The fourth-order valence-electron chi connectivity index (χ4n) is 2.11. The molecule has 0 saturated carbocycles. The van der Waals surface area contributed by atoms with Crippen LogP contribution in [0.2, 0.25) is 0 Å². The minimum atomic E-state index is -0.465. The Morgan fingerprint density at radius 2 is 2.13 bits per heavy atom. The number of anilines is 1. The summed E-state index contributed by atoms with van der Waals surface area (Å²) in [5, 5.41) is 2.93. The first-order chi connectivity index (χ1) is 11.1. The van der Waals surface area contributed by atoms with E-state index in [1.165, 1.54) is 0 Å². The Balaban J connectivity index is 2.56. The number of carbonyl (C=O) groups is 1. The summed E-state index contributed by atoms with van der Waals surface area (Å²) in [5.41, 5.74) is 2.16. The zero-order chi connectivity index (χ0) is 17.1. The molecule has 0 radical (unpaired) electrons. The number of para-hydroxylation sites is 1. The van der Waals surface area contributed by atoms with Crippen LogP contribution in [0.15, 0.2) is 36.9 Å². The number of nitrogens with zero attached hydrogens (tertiary/aromatic N) is 1. The lowest BCUT2D eigenvalue weighted by atomic mass is 10.1. The van der Waals surface area contributed by atoms with Crippen molar-refractivity contribution in [3.8, 4) is 0 Å². The number of hydrogen-bond donors (Lipinski definition) is 1. The number of amides is 1. The molecular formula is C18H28N2O3. The average molecular weight is 320 g/mol. The zero-order valence-corrected chi connectivity index (χ0v) is 14.4. The molecule has 1 atom stereocenters. The Morgan fingerprint density at radius 1 is 1.39 bits per heavy atom. The number of ether oxygens (including phenoxy) is 2. The second-order valence-corrected chi connectivity index (χ2v) is 5.35. The summed E-state index contributed by atoms with van der Waals surface area (Å²) in [6, 6.07) is 8.02. The van der Waals surface area contributed by atoms with Gasteiger partial charge < -0.3 is 19.7 Å². The highest BCUT2D eigenvalue weighted by Crippen LogP contribution is 2.18. The first kappa shape index (κ1) is 19.2. The molecule has 0 aliphatic heterocycles. The molecule has 0 fully saturated rings. The Hall–Kier alpha value is -1.85. The van der Waals surface area contributed by atoms with Gasteiger partial charge in [-0.2, -0.15) is 0 Å². The lowest BCUT2D eigenvalue weighted by Gasteiger charge is -2.22. The first-order valence-corrected chi connectivity index (χ1v) is 7.88. The molecule has 0 heterocycles. The van der Waals surface area contributed by atoms with E-state index in [0.29, 0.717) is 19.8 Å². The monoisotopic (exact) mass is 320 g/mol. The number of likely N-dealkylation sites (N-methyl/N-ethyl adjacent to an activating group) is 1. The largest absolute Gasteiger partial charge is 0.383 e. The van der Waals surface area contributed by atoms with E-state index >= 15 is 0 Å². The molecule has 23 heavy (non-hydrogen) atoms. The molecule has 1 aromatic rings. The van der Waals surface area contributed by atoms with Gasteiger partial charge in [0.1, 0.15) is 6.10 Å². The molecule has 128 valence electrons. The maximum Gasteiger partial charge on any atom is 0.249 e. The highest BCUT2D eigenvalue weighted by Gasteiger charge is 2.14. The second-order valence-electron chi connectivity index (χ2n) is 5.35. The van der Waals surface area contributed by atoms with Crippen molar-refractivity contribution in [2.45, 2.75) is 26.0 Å². The summed E-state index contributed by atoms with van der Waals surface area (Å²) in [4.78, 5) is 14.2. The Morgan fingerprint density at radius 3 is 2.83 bits per heavy atom. The molecule has 0 spiro atoms. The molecule has 1 unspecified atom stereocenters. The van der Waals surface area contributed by atoms with Crippen LogP contribution in [0.1, 0.15) is 18.9 Å². The Kier molecular flexibility index (Phi) is 9.02. The van der Waals surface area contributed by atoms with Gasteiger partial charge in [-0.1, -0.05) is 24.3 Å². The Labute approximate surface area is 139 Å². The lowest BCUT2D eigenvalue weighted by Crippen LogP contribution is -2.34. The van der Waals surface area contributed by atoms with Crippen LogP contribution < -0.4 is 10.2 Å². The molecule has 0 aromatic heterocycles. The zero-order valence-electron chi connectivity index (χ0n) is 14.4. The lowest BCUT2D eigenvalue weighted by molar-refractivity contribution is -0.131. The SMILES string of the molecule is C=CCCOC(C)C(=O)NCc1ccccc1N(C)CCOC. The molecule has 1 aromatic carbocycles. The average Bonchev–Trinajstić information content (AvgIpc) is 2.57. The minimum Gasteiger partial charge on any atom is -0.383 e. The van der Waals surface area contributed by atoms with Gasteiger partial charge in [0.15, 0.2) is 0 Å². The quantitative estimate of drug-likeness (QED) is 0.502. The molecule has 5 heteroatoms. The fourth-order valence-corrected chi connectivity index (χ4v) is 2.11. The third-order valence-corrected chi connectivity index (χ3v) is 3.55. The van der Waals surface area contributed by atoms with Gasteiger partial charge in [-0.05, 0) is 25.0 Å². The molecule has 0 aliphatic rings. The molecular weight excluding hydrogens is 292 g/mol. The van der Waals surface area contributed by atoms with Crippen molar-refractivity contribution in [3.63, 3.8) is 0 Å².